The molecule has 0 bridgehead atoms. The first-order chi connectivity index (χ1) is 6.33. The second-order valence-corrected chi connectivity index (χ2v) is 3.61. The van der Waals surface area contributed by atoms with Gasteiger partial charge in [0.15, 0.2) is 0 Å². The number of rotatable bonds is 4. The van der Waals surface area contributed by atoms with Crippen LogP contribution < -0.4 is 5.32 Å². The molecule has 0 heterocycles. The fraction of sp³-hybridized carbons (Fsp3) is 0.727. The highest BCUT2D eigenvalue weighted by atomic mass is 16.1. The molecule has 2 heteroatoms. The molecule has 1 fully saturated rings. The second-order valence-electron chi connectivity index (χ2n) is 3.61. The minimum atomic E-state index is 0.169. The Morgan fingerprint density at radius 2 is 2.15 bits per heavy atom. The third-order valence-corrected chi connectivity index (χ3v) is 2.45. The molecule has 1 amide bonds. The molecular weight excluding hydrogens is 162 g/mol. The summed E-state index contributed by atoms with van der Waals surface area (Å²) >= 11 is 0. The molecule has 0 spiro atoms. The van der Waals surface area contributed by atoms with E-state index in [4.69, 9.17) is 6.42 Å². The van der Waals surface area contributed by atoms with Gasteiger partial charge in [-0.05, 0) is 19.3 Å². The predicted octanol–water partition coefficient (Wildman–Crippen LogP) is 1.85. The van der Waals surface area contributed by atoms with Gasteiger partial charge < -0.3 is 5.32 Å². The summed E-state index contributed by atoms with van der Waals surface area (Å²) in [7, 11) is 0. The molecule has 1 aliphatic carbocycles. The molecule has 1 N–H and O–H groups in total. The summed E-state index contributed by atoms with van der Waals surface area (Å²) in [5, 5.41) is 3.03. The highest BCUT2D eigenvalue weighted by molar-refractivity contribution is 5.76. The van der Waals surface area contributed by atoms with E-state index >= 15 is 0 Å². The molecule has 0 saturated heterocycles. The monoisotopic (exact) mass is 179 g/mol. The van der Waals surface area contributed by atoms with E-state index in [2.05, 4.69) is 11.2 Å². The number of hydrogen-bond donors (Lipinski definition) is 1. The summed E-state index contributed by atoms with van der Waals surface area (Å²) in [6.07, 6.45) is 12.0. The predicted molar refractivity (Wildman–Crippen MR) is 53.1 cm³/mol. The van der Waals surface area contributed by atoms with E-state index in [0.29, 0.717) is 18.9 Å². The first-order valence-corrected chi connectivity index (χ1v) is 5.06. The fourth-order valence-corrected chi connectivity index (χ4v) is 1.72. The molecule has 13 heavy (non-hydrogen) atoms. The summed E-state index contributed by atoms with van der Waals surface area (Å²) in [5.74, 6) is 2.71. The van der Waals surface area contributed by atoms with E-state index in [-0.39, 0.29) is 5.91 Å². The third kappa shape index (κ3) is 3.98. The quantitative estimate of drug-likeness (QED) is 0.518. The Morgan fingerprint density at radius 3 is 2.77 bits per heavy atom. The molecule has 0 aromatic carbocycles. The number of amides is 1. The van der Waals surface area contributed by atoms with Gasteiger partial charge in [-0.2, -0.15) is 0 Å². The minimum absolute atomic E-state index is 0.169. The van der Waals surface area contributed by atoms with Gasteiger partial charge in [-0.15, -0.1) is 12.3 Å². The van der Waals surface area contributed by atoms with Gasteiger partial charge in [0.2, 0.25) is 5.91 Å². The SMILES string of the molecule is C#CCCCC(=O)NC1CCCC1. The van der Waals surface area contributed by atoms with Crippen molar-refractivity contribution in [3.8, 4) is 12.3 Å². The van der Waals surface area contributed by atoms with Crippen LogP contribution in [0.15, 0.2) is 0 Å². The van der Waals surface area contributed by atoms with Crippen LogP contribution in [0, 0.1) is 12.3 Å². The lowest BCUT2D eigenvalue weighted by Crippen LogP contribution is -2.32. The maximum absolute atomic E-state index is 11.3. The molecule has 1 aliphatic rings. The van der Waals surface area contributed by atoms with Crippen LogP contribution >= 0.6 is 0 Å². The molecule has 1 rings (SSSR count). The number of terminal acetylenes is 1. The van der Waals surface area contributed by atoms with E-state index in [9.17, 15) is 4.79 Å². The van der Waals surface area contributed by atoms with Crippen molar-refractivity contribution < 1.29 is 4.79 Å². The zero-order valence-electron chi connectivity index (χ0n) is 8.01. The molecule has 72 valence electrons. The second kappa shape index (κ2) is 5.64. The van der Waals surface area contributed by atoms with Crippen molar-refractivity contribution in [2.45, 2.75) is 51.0 Å². The molecule has 0 aliphatic heterocycles. The average molecular weight is 179 g/mol. The summed E-state index contributed by atoms with van der Waals surface area (Å²) in [5.41, 5.74) is 0. The van der Waals surface area contributed by atoms with E-state index in [1.807, 2.05) is 0 Å². The van der Waals surface area contributed by atoms with Crippen LogP contribution in [0.25, 0.3) is 0 Å². The Hall–Kier alpha value is -0.970. The van der Waals surface area contributed by atoms with Gasteiger partial charge in [-0.25, -0.2) is 0 Å². The van der Waals surface area contributed by atoms with Crippen LogP contribution in [0.4, 0.5) is 0 Å². The summed E-state index contributed by atoms with van der Waals surface area (Å²) in [4.78, 5) is 11.3. The van der Waals surface area contributed by atoms with E-state index in [0.717, 1.165) is 19.3 Å². The van der Waals surface area contributed by atoms with Gasteiger partial charge in [0.25, 0.3) is 0 Å². The van der Waals surface area contributed by atoms with Gasteiger partial charge in [0.1, 0.15) is 0 Å². The Kier molecular flexibility index (Phi) is 4.39. The van der Waals surface area contributed by atoms with Crippen LogP contribution in [-0.4, -0.2) is 11.9 Å². The molecule has 0 aromatic heterocycles. The zero-order chi connectivity index (χ0) is 9.52. The van der Waals surface area contributed by atoms with Crippen LogP contribution in [-0.2, 0) is 4.79 Å². The molecule has 1 saturated carbocycles. The van der Waals surface area contributed by atoms with Crippen molar-refractivity contribution in [1.82, 2.24) is 5.32 Å². The van der Waals surface area contributed by atoms with E-state index in [1.54, 1.807) is 0 Å². The molecule has 0 aromatic rings. The number of carbonyl (C=O) groups excluding carboxylic acids is 1. The molecule has 0 atom stereocenters. The standard InChI is InChI=1S/C11H17NO/c1-2-3-4-9-11(13)12-10-7-5-6-8-10/h1,10H,3-9H2,(H,12,13). The van der Waals surface area contributed by atoms with Crippen molar-refractivity contribution in [1.29, 1.82) is 0 Å². The highest BCUT2D eigenvalue weighted by Gasteiger charge is 2.16. The maximum Gasteiger partial charge on any atom is 0.220 e. The minimum Gasteiger partial charge on any atom is -0.353 e. The summed E-state index contributed by atoms with van der Waals surface area (Å²) in [6.45, 7) is 0. The maximum atomic E-state index is 11.3. The number of unbranched alkanes of at least 4 members (excludes halogenated alkanes) is 1. The van der Waals surface area contributed by atoms with Crippen molar-refractivity contribution in [2.24, 2.45) is 0 Å². The smallest absolute Gasteiger partial charge is 0.220 e. The summed E-state index contributed by atoms with van der Waals surface area (Å²) in [6, 6.07) is 0.443. The molecule has 0 radical (unpaired) electrons. The summed E-state index contributed by atoms with van der Waals surface area (Å²) < 4.78 is 0. The third-order valence-electron chi connectivity index (χ3n) is 2.45. The zero-order valence-corrected chi connectivity index (χ0v) is 8.01. The van der Waals surface area contributed by atoms with Crippen molar-refractivity contribution in [3.05, 3.63) is 0 Å². The molecular formula is C11H17NO. The van der Waals surface area contributed by atoms with Gasteiger partial charge in [0, 0.05) is 18.9 Å². The van der Waals surface area contributed by atoms with Crippen molar-refractivity contribution in [3.63, 3.8) is 0 Å². The number of carbonyl (C=O) groups is 1. The molecule has 0 unspecified atom stereocenters. The first kappa shape index (κ1) is 10.1. The number of nitrogens with one attached hydrogen (secondary N) is 1. The van der Waals surface area contributed by atoms with Crippen molar-refractivity contribution >= 4 is 5.91 Å². The Labute approximate surface area is 80.1 Å². The molecule has 2 nitrogen and oxygen atoms in total. The van der Waals surface area contributed by atoms with Gasteiger partial charge >= 0.3 is 0 Å². The lowest BCUT2D eigenvalue weighted by atomic mass is 10.2. The van der Waals surface area contributed by atoms with E-state index < -0.39 is 0 Å². The highest BCUT2D eigenvalue weighted by Crippen LogP contribution is 2.17. The van der Waals surface area contributed by atoms with Gasteiger partial charge in [-0.3, -0.25) is 4.79 Å². The van der Waals surface area contributed by atoms with E-state index in [1.165, 1.54) is 12.8 Å². The Bertz CT molecular complexity index is 199. The number of hydrogen-bond acceptors (Lipinski definition) is 1. The Morgan fingerprint density at radius 1 is 1.46 bits per heavy atom. The topological polar surface area (TPSA) is 29.1 Å². The first-order valence-electron chi connectivity index (χ1n) is 5.06. The fourth-order valence-electron chi connectivity index (χ4n) is 1.72. The lowest BCUT2D eigenvalue weighted by Gasteiger charge is -2.10. The van der Waals surface area contributed by atoms with Crippen LogP contribution in [0.1, 0.15) is 44.9 Å². The van der Waals surface area contributed by atoms with Crippen LogP contribution in [0.5, 0.6) is 0 Å². The van der Waals surface area contributed by atoms with Crippen LogP contribution in [0.2, 0.25) is 0 Å². The largest absolute Gasteiger partial charge is 0.353 e. The van der Waals surface area contributed by atoms with Gasteiger partial charge in [0.05, 0.1) is 0 Å². The Balaban J connectivity index is 2.07. The van der Waals surface area contributed by atoms with Crippen LogP contribution in [0.3, 0.4) is 0 Å². The van der Waals surface area contributed by atoms with Crippen molar-refractivity contribution in [2.75, 3.05) is 0 Å². The van der Waals surface area contributed by atoms with Gasteiger partial charge in [-0.1, -0.05) is 12.8 Å². The normalized spacial score (nSPS) is 16.8. The average Bonchev–Trinajstić information content (AvgIpc) is 2.57. The lowest BCUT2D eigenvalue weighted by molar-refractivity contribution is -0.121.